The quantitative estimate of drug-likeness (QED) is 0.817. The summed E-state index contributed by atoms with van der Waals surface area (Å²) in [4.78, 5) is 31.0. The normalized spacial score (nSPS) is 21.4. The van der Waals surface area contributed by atoms with Crippen LogP contribution in [0.2, 0.25) is 0 Å². The van der Waals surface area contributed by atoms with Crippen LogP contribution in [0, 0.1) is 5.92 Å². The minimum Gasteiger partial charge on any atom is -0.444 e. The predicted molar refractivity (Wildman–Crippen MR) is 104 cm³/mol. The number of ether oxygens (including phenoxy) is 1. The van der Waals surface area contributed by atoms with Gasteiger partial charge in [0.1, 0.15) is 5.60 Å². The third-order valence-corrected chi connectivity index (χ3v) is 5.11. The average Bonchev–Trinajstić information content (AvgIpc) is 3.09. The second-order valence-corrected chi connectivity index (χ2v) is 8.50. The van der Waals surface area contributed by atoms with E-state index in [1.807, 2.05) is 31.7 Å². The van der Waals surface area contributed by atoms with E-state index < -0.39 is 5.60 Å². The third kappa shape index (κ3) is 5.45. The summed E-state index contributed by atoms with van der Waals surface area (Å²) in [5.74, 6) is 0.302. The molecular weight excluding hydrogens is 342 g/mol. The molecule has 2 saturated heterocycles. The molecule has 0 radical (unpaired) electrons. The second-order valence-electron chi connectivity index (χ2n) is 8.50. The summed E-state index contributed by atoms with van der Waals surface area (Å²) in [5.41, 5.74) is 0.799. The van der Waals surface area contributed by atoms with Gasteiger partial charge in [-0.3, -0.25) is 9.69 Å². The molecule has 2 heterocycles. The maximum absolute atomic E-state index is 12.9. The van der Waals surface area contributed by atoms with Crippen molar-refractivity contribution in [2.45, 2.75) is 39.3 Å². The van der Waals surface area contributed by atoms with Crippen LogP contribution in [0.15, 0.2) is 30.3 Å². The van der Waals surface area contributed by atoms with Crippen molar-refractivity contribution >= 4 is 12.0 Å². The first-order chi connectivity index (χ1) is 12.8. The molecule has 2 amide bonds. The molecule has 0 bridgehead atoms. The Balaban J connectivity index is 1.45. The molecule has 0 aromatic heterocycles. The molecule has 27 heavy (non-hydrogen) atoms. The van der Waals surface area contributed by atoms with Gasteiger partial charge in [0, 0.05) is 39.3 Å². The van der Waals surface area contributed by atoms with Crippen LogP contribution >= 0.6 is 0 Å². The number of nitrogens with zero attached hydrogens (tertiary/aromatic N) is 3. The zero-order chi connectivity index (χ0) is 19.4. The Labute approximate surface area is 162 Å². The summed E-state index contributed by atoms with van der Waals surface area (Å²) in [5, 5.41) is 0. The lowest BCUT2D eigenvalue weighted by Crippen LogP contribution is -2.53. The molecular formula is C21H31N3O3. The van der Waals surface area contributed by atoms with Crippen LogP contribution < -0.4 is 0 Å². The van der Waals surface area contributed by atoms with Crippen LogP contribution in [0.1, 0.15) is 32.8 Å². The minimum absolute atomic E-state index is 0.0711. The number of rotatable bonds is 3. The van der Waals surface area contributed by atoms with Crippen LogP contribution in [-0.2, 0) is 16.1 Å². The molecule has 2 aliphatic heterocycles. The van der Waals surface area contributed by atoms with E-state index in [4.69, 9.17) is 4.74 Å². The van der Waals surface area contributed by atoms with Gasteiger partial charge in [0.15, 0.2) is 0 Å². The van der Waals surface area contributed by atoms with Gasteiger partial charge in [-0.05, 0) is 39.3 Å². The number of amides is 2. The molecule has 148 valence electrons. The summed E-state index contributed by atoms with van der Waals surface area (Å²) < 4.78 is 5.42. The van der Waals surface area contributed by atoms with E-state index in [-0.39, 0.29) is 17.9 Å². The van der Waals surface area contributed by atoms with Crippen molar-refractivity contribution in [2.75, 3.05) is 39.3 Å². The van der Waals surface area contributed by atoms with Gasteiger partial charge in [0.05, 0.1) is 5.92 Å². The van der Waals surface area contributed by atoms with Crippen molar-refractivity contribution < 1.29 is 14.3 Å². The summed E-state index contributed by atoms with van der Waals surface area (Å²) in [6.45, 7) is 10.5. The fourth-order valence-corrected chi connectivity index (χ4v) is 3.71. The standard InChI is InChI=1S/C21H31N3O3/c1-21(2,3)27-20(26)24-13-11-23(12-14-24)19(25)18-9-10-22(16-18)15-17-7-5-4-6-8-17/h4-8,18H,9-16H2,1-3H3. The lowest BCUT2D eigenvalue weighted by Gasteiger charge is -2.36. The van der Waals surface area contributed by atoms with Crippen molar-refractivity contribution in [1.29, 1.82) is 0 Å². The highest BCUT2D eigenvalue weighted by molar-refractivity contribution is 5.80. The maximum atomic E-state index is 12.9. The van der Waals surface area contributed by atoms with E-state index in [2.05, 4.69) is 29.2 Å². The van der Waals surface area contributed by atoms with Crippen molar-refractivity contribution in [2.24, 2.45) is 5.92 Å². The molecule has 1 atom stereocenters. The number of piperazine rings is 1. The maximum Gasteiger partial charge on any atom is 0.410 e. The molecule has 1 aromatic carbocycles. The molecule has 2 aliphatic rings. The zero-order valence-electron chi connectivity index (χ0n) is 16.7. The Morgan fingerprint density at radius 3 is 2.26 bits per heavy atom. The Kier molecular flexibility index (Phi) is 6.05. The first-order valence-electron chi connectivity index (χ1n) is 9.85. The molecule has 6 heteroatoms. The van der Waals surface area contributed by atoms with Gasteiger partial charge in [-0.2, -0.15) is 0 Å². The van der Waals surface area contributed by atoms with Gasteiger partial charge in [-0.1, -0.05) is 30.3 Å². The monoisotopic (exact) mass is 373 g/mol. The highest BCUT2D eigenvalue weighted by atomic mass is 16.6. The van der Waals surface area contributed by atoms with Gasteiger partial charge in [-0.15, -0.1) is 0 Å². The minimum atomic E-state index is -0.490. The smallest absolute Gasteiger partial charge is 0.410 e. The summed E-state index contributed by atoms with van der Waals surface area (Å²) in [7, 11) is 0. The summed E-state index contributed by atoms with van der Waals surface area (Å²) in [6.07, 6.45) is 0.627. The topological polar surface area (TPSA) is 53.1 Å². The molecule has 0 aliphatic carbocycles. The third-order valence-electron chi connectivity index (χ3n) is 5.11. The van der Waals surface area contributed by atoms with Crippen molar-refractivity contribution in [3.05, 3.63) is 35.9 Å². The van der Waals surface area contributed by atoms with E-state index in [1.165, 1.54) is 5.56 Å². The molecule has 0 spiro atoms. The number of carbonyl (C=O) groups is 2. The number of hydrogen-bond acceptors (Lipinski definition) is 4. The van der Waals surface area contributed by atoms with Crippen molar-refractivity contribution in [3.8, 4) is 0 Å². The van der Waals surface area contributed by atoms with Gasteiger partial charge < -0.3 is 14.5 Å². The van der Waals surface area contributed by atoms with Crippen LogP contribution in [-0.4, -0.2) is 71.6 Å². The Bertz CT molecular complexity index is 648. The Morgan fingerprint density at radius 1 is 1.00 bits per heavy atom. The van der Waals surface area contributed by atoms with Crippen LogP contribution in [0.3, 0.4) is 0 Å². The fourth-order valence-electron chi connectivity index (χ4n) is 3.71. The molecule has 1 aromatic rings. The average molecular weight is 373 g/mol. The number of likely N-dealkylation sites (tertiary alicyclic amines) is 1. The lowest BCUT2D eigenvalue weighted by molar-refractivity contribution is -0.136. The highest BCUT2D eigenvalue weighted by Crippen LogP contribution is 2.22. The Hall–Kier alpha value is -2.08. The largest absolute Gasteiger partial charge is 0.444 e. The Morgan fingerprint density at radius 2 is 1.63 bits per heavy atom. The number of benzene rings is 1. The van der Waals surface area contributed by atoms with E-state index in [0.29, 0.717) is 26.2 Å². The molecule has 0 N–H and O–H groups in total. The van der Waals surface area contributed by atoms with E-state index in [1.54, 1.807) is 4.90 Å². The van der Waals surface area contributed by atoms with Crippen LogP contribution in [0.25, 0.3) is 0 Å². The summed E-state index contributed by atoms with van der Waals surface area (Å²) >= 11 is 0. The first-order valence-corrected chi connectivity index (χ1v) is 9.85. The number of carbonyl (C=O) groups excluding carboxylic acids is 2. The molecule has 0 saturated carbocycles. The van der Waals surface area contributed by atoms with Gasteiger partial charge in [-0.25, -0.2) is 4.79 Å². The fraction of sp³-hybridized carbons (Fsp3) is 0.619. The highest BCUT2D eigenvalue weighted by Gasteiger charge is 2.34. The van der Waals surface area contributed by atoms with Crippen LogP contribution in [0.5, 0.6) is 0 Å². The number of hydrogen-bond donors (Lipinski definition) is 0. The van der Waals surface area contributed by atoms with E-state index in [0.717, 1.165) is 26.1 Å². The van der Waals surface area contributed by atoms with Crippen molar-refractivity contribution in [1.82, 2.24) is 14.7 Å². The zero-order valence-corrected chi connectivity index (χ0v) is 16.7. The SMILES string of the molecule is CC(C)(C)OC(=O)N1CCN(C(=O)C2CCN(Cc3ccccc3)C2)CC1. The molecule has 2 fully saturated rings. The first kappa shape index (κ1) is 19.7. The molecule has 1 unspecified atom stereocenters. The summed E-state index contributed by atoms with van der Waals surface area (Å²) in [6, 6.07) is 10.4. The second kappa shape index (κ2) is 8.30. The van der Waals surface area contributed by atoms with Gasteiger partial charge in [0.2, 0.25) is 5.91 Å². The van der Waals surface area contributed by atoms with Crippen molar-refractivity contribution in [3.63, 3.8) is 0 Å². The van der Waals surface area contributed by atoms with Gasteiger partial charge in [0.25, 0.3) is 0 Å². The predicted octanol–water partition coefficient (Wildman–Crippen LogP) is 2.59. The van der Waals surface area contributed by atoms with Gasteiger partial charge >= 0.3 is 6.09 Å². The van der Waals surface area contributed by atoms with Crippen LogP contribution in [0.4, 0.5) is 4.79 Å². The molecule has 6 nitrogen and oxygen atoms in total. The lowest BCUT2D eigenvalue weighted by atomic mass is 10.1. The van der Waals surface area contributed by atoms with E-state index >= 15 is 0 Å². The molecule has 3 rings (SSSR count). The van der Waals surface area contributed by atoms with E-state index in [9.17, 15) is 9.59 Å².